The minimum Gasteiger partial charge on any atom is -0.458 e. The van der Waals surface area contributed by atoms with Crippen molar-refractivity contribution in [2.75, 3.05) is 18.0 Å². The molecule has 4 heterocycles. The molecule has 0 aliphatic carbocycles. The van der Waals surface area contributed by atoms with E-state index < -0.39 is 0 Å². The Labute approximate surface area is 127 Å². The Kier molecular flexibility index (Phi) is 3.10. The number of aryl methyl sites for hydroxylation is 1. The largest absolute Gasteiger partial charge is 0.458 e. The minimum atomic E-state index is 0.0886. The van der Waals surface area contributed by atoms with Crippen molar-refractivity contribution in [1.82, 2.24) is 24.6 Å². The first-order valence-electron chi connectivity index (χ1n) is 7.28. The van der Waals surface area contributed by atoms with Gasteiger partial charge in [-0.3, -0.25) is 0 Å². The van der Waals surface area contributed by atoms with E-state index in [1.54, 1.807) is 23.1 Å². The highest BCUT2D eigenvalue weighted by Crippen LogP contribution is 2.21. The van der Waals surface area contributed by atoms with Gasteiger partial charge in [0.1, 0.15) is 11.9 Å². The zero-order valence-corrected chi connectivity index (χ0v) is 12.3. The Balaban J connectivity index is 1.46. The molecule has 0 spiro atoms. The molecule has 0 aromatic carbocycles. The van der Waals surface area contributed by atoms with E-state index in [0.717, 1.165) is 36.5 Å². The van der Waals surface area contributed by atoms with Gasteiger partial charge in [0.05, 0.1) is 12.7 Å². The van der Waals surface area contributed by atoms with E-state index in [1.165, 1.54) is 0 Å². The molecule has 1 aliphatic rings. The molecule has 1 fully saturated rings. The molecule has 3 aromatic rings. The number of anilines is 1. The van der Waals surface area contributed by atoms with Crippen LogP contribution >= 0.6 is 0 Å². The van der Waals surface area contributed by atoms with Crippen molar-refractivity contribution in [2.24, 2.45) is 0 Å². The normalized spacial score (nSPS) is 18.0. The van der Waals surface area contributed by atoms with Crippen LogP contribution in [0.1, 0.15) is 12.0 Å². The van der Waals surface area contributed by atoms with Crippen LogP contribution in [0.25, 0.3) is 5.65 Å². The van der Waals surface area contributed by atoms with Crippen molar-refractivity contribution in [3.8, 4) is 6.01 Å². The Morgan fingerprint density at radius 2 is 2.09 bits per heavy atom. The third-order valence-corrected chi connectivity index (χ3v) is 3.74. The van der Waals surface area contributed by atoms with Gasteiger partial charge in [-0.25, -0.2) is 19.5 Å². The Morgan fingerprint density at radius 1 is 1.23 bits per heavy atom. The van der Waals surface area contributed by atoms with E-state index in [9.17, 15) is 0 Å². The maximum atomic E-state index is 5.85. The molecule has 1 aliphatic heterocycles. The second-order valence-corrected chi connectivity index (χ2v) is 5.44. The van der Waals surface area contributed by atoms with Gasteiger partial charge in [-0.2, -0.15) is 5.10 Å². The summed E-state index contributed by atoms with van der Waals surface area (Å²) >= 11 is 0. The first-order chi connectivity index (χ1) is 10.8. The third-order valence-electron chi connectivity index (χ3n) is 3.74. The number of hydrogen-bond donors (Lipinski definition) is 0. The molecule has 112 valence electrons. The van der Waals surface area contributed by atoms with E-state index in [4.69, 9.17) is 4.74 Å². The standard InChI is InChI=1S/C15H16N6O/c1-11-8-16-15(17-9-11)22-12-3-6-20(10-12)13-4-7-21-14(19-13)2-5-18-21/h2,4-5,7-9,12H,3,6,10H2,1H3. The van der Waals surface area contributed by atoms with Crippen molar-refractivity contribution in [3.63, 3.8) is 0 Å². The van der Waals surface area contributed by atoms with E-state index in [2.05, 4.69) is 25.0 Å². The zero-order chi connectivity index (χ0) is 14.9. The summed E-state index contributed by atoms with van der Waals surface area (Å²) in [5.41, 5.74) is 1.88. The Bertz CT molecular complexity index is 784. The molecule has 3 aromatic heterocycles. The lowest BCUT2D eigenvalue weighted by atomic mass is 10.3. The summed E-state index contributed by atoms with van der Waals surface area (Å²) in [5, 5.41) is 4.16. The lowest BCUT2D eigenvalue weighted by molar-refractivity contribution is 0.206. The van der Waals surface area contributed by atoms with Gasteiger partial charge in [0.25, 0.3) is 0 Å². The van der Waals surface area contributed by atoms with Crippen LogP contribution in [0.4, 0.5) is 5.82 Å². The average Bonchev–Trinajstić information content (AvgIpc) is 3.17. The molecule has 4 rings (SSSR count). The highest BCUT2D eigenvalue weighted by atomic mass is 16.5. The first-order valence-corrected chi connectivity index (χ1v) is 7.28. The molecule has 0 bridgehead atoms. The van der Waals surface area contributed by atoms with Crippen LogP contribution in [0.5, 0.6) is 6.01 Å². The number of aromatic nitrogens is 5. The topological polar surface area (TPSA) is 68.4 Å². The lowest BCUT2D eigenvalue weighted by Crippen LogP contribution is -2.25. The monoisotopic (exact) mass is 296 g/mol. The van der Waals surface area contributed by atoms with E-state index in [-0.39, 0.29) is 6.10 Å². The highest BCUT2D eigenvalue weighted by molar-refractivity contribution is 5.48. The molecule has 1 saturated heterocycles. The van der Waals surface area contributed by atoms with Crippen molar-refractivity contribution < 1.29 is 4.74 Å². The van der Waals surface area contributed by atoms with Gasteiger partial charge < -0.3 is 9.64 Å². The summed E-state index contributed by atoms with van der Waals surface area (Å²) in [7, 11) is 0. The summed E-state index contributed by atoms with van der Waals surface area (Å²) in [6.07, 6.45) is 8.23. The Hall–Kier alpha value is -2.70. The molecule has 0 N–H and O–H groups in total. The fraction of sp³-hybridized carbons (Fsp3) is 0.333. The number of rotatable bonds is 3. The molecule has 1 atom stereocenters. The fourth-order valence-electron chi connectivity index (χ4n) is 2.60. The van der Waals surface area contributed by atoms with E-state index >= 15 is 0 Å². The Morgan fingerprint density at radius 3 is 2.95 bits per heavy atom. The van der Waals surface area contributed by atoms with Crippen LogP contribution in [-0.4, -0.2) is 43.8 Å². The summed E-state index contributed by atoms with van der Waals surface area (Å²) < 4.78 is 7.60. The molecule has 22 heavy (non-hydrogen) atoms. The second kappa shape index (κ2) is 5.25. The quantitative estimate of drug-likeness (QED) is 0.729. The lowest BCUT2D eigenvalue weighted by Gasteiger charge is -2.17. The number of nitrogens with zero attached hydrogens (tertiary/aromatic N) is 6. The highest BCUT2D eigenvalue weighted by Gasteiger charge is 2.25. The second-order valence-electron chi connectivity index (χ2n) is 5.44. The predicted molar refractivity (Wildman–Crippen MR) is 81.0 cm³/mol. The van der Waals surface area contributed by atoms with Gasteiger partial charge in [0, 0.05) is 37.6 Å². The maximum absolute atomic E-state index is 5.85. The van der Waals surface area contributed by atoms with Crippen molar-refractivity contribution in [1.29, 1.82) is 0 Å². The predicted octanol–water partition coefficient (Wildman–Crippen LogP) is 1.49. The molecule has 0 saturated carbocycles. The number of hydrogen-bond acceptors (Lipinski definition) is 6. The molecule has 0 amide bonds. The van der Waals surface area contributed by atoms with Gasteiger partial charge >= 0.3 is 6.01 Å². The van der Waals surface area contributed by atoms with Crippen LogP contribution < -0.4 is 9.64 Å². The molecular formula is C15H16N6O. The molecule has 1 unspecified atom stereocenters. The summed E-state index contributed by atoms with van der Waals surface area (Å²) in [6, 6.07) is 4.31. The SMILES string of the molecule is Cc1cnc(OC2CCN(c3ccn4nccc4n3)C2)nc1. The van der Waals surface area contributed by atoms with Crippen molar-refractivity contribution in [3.05, 3.63) is 42.5 Å². The van der Waals surface area contributed by atoms with Gasteiger partial charge in [0.2, 0.25) is 0 Å². The van der Waals surface area contributed by atoms with Crippen LogP contribution in [0, 0.1) is 6.92 Å². The van der Waals surface area contributed by atoms with Gasteiger partial charge in [0.15, 0.2) is 5.65 Å². The smallest absolute Gasteiger partial charge is 0.316 e. The summed E-state index contributed by atoms with van der Waals surface area (Å²) in [4.78, 5) is 15.2. The van der Waals surface area contributed by atoms with E-state index in [1.807, 2.05) is 25.3 Å². The van der Waals surface area contributed by atoms with Crippen LogP contribution in [0.3, 0.4) is 0 Å². The summed E-state index contributed by atoms with van der Waals surface area (Å²) in [6.45, 7) is 3.65. The molecular weight excluding hydrogens is 280 g/mol. The van der Waals surface area contributed by atoms with Gasteiger partial charge in [-0.1, -0.05) is 0 Å². The molecule has 7 heteroatoms. The fourth-order valence-corrected chi connectivity index (χ4v) is 2.60. The first kappa shape index (κ1) is 13.0. The molecule has 0 radical (unpaired) electrons. The van der Waals surface area contributed by atoms with Crippen molar-refractivity contribution >= 4 is 11.5 Å². The van der Waals surface area contributed by atoms with Crippen LogP contribution in [0.15, 0.2) is 36.9 Å². The van der Waals surface area contributed by atoms with Crippen LogP contribution in [0.2, 0.25) is 0 Å². The van der Waals surface area contributed by atoms with Crippen LogP contribution in [-0.2, 0) is 0 Å². The van der Waals surface area contributed by atoms with E-state index in [0.29, 0.717) is 6.01 Å². The zero-order valence-electron chi connectivity index (χ0n) is 12.3. The minimum absolute atomic E-state index is 0.0886. The van der Waals surface area contributed by atoms with Gasteiger partial charge in [-0.15, -0.1) is 0 Å². The van der Waals surface area contributed by atoms with Crippen molar-refractivity contribution in [2.45, 2.75) is 19.4 Å². The third kappa shape index (κ3) is 2.45. The number of ether oxygens (including phenoxy) is 1. The number of fused-ring (bicyclic) bond motifs is 1. The average molecular weight is 296 g/mol. The maximum Gasteiger partial charge on any atom is 0.316 e. The molecule has 7 nitrogen and oxygen atoms in total. The summed E-state index contributed by atoms with van der Waals surface area (Å²) in [5.74, 6) is 0.948. The van der Waals surface area contributed by atoms with Gasteiger partial charge in [-0.05, 0) is 18.6 Å².